The lowest BCUT2D eigenvalue weighted by Crippen LogP contribution is -2.26. The number of ether oxygens (including phenoxy) is 2. The number of hydrogen-bond donors (Lipinski definition) is 1. The molecule has 2 unspecified atom stereocenters. The molecule has 0 aromatic heterocycles. The third kappa shape index (κ3) is 4.39. The van der Waals surface area contributed by atoms with Crippen molar-refractivity contribution in [2.45, 2.75) is 25.6 Å². The normalized spacial score (nSPS) is 19.9. The highest BCUT2D eigenvalue weighted by molar-refractivity contribution is 5.33. The maximum Gasteiger partial charge on any atom is 0.194 e. The van der Waals surface area contributed by atoms with Crippen molar-refractivity contribution in [1.82, 2.24) is 0 Å². The van der Waals surface area contributed by atoms with Gasteiger partial charge in [-0.1, -0.05) is 0 Å². The maximum absolute atomic E-state index is 14.3. The van der Waals surface area contributed by atoms with Gasteiger partial charge in [-0.3, -0.25) is 0 Å². The SMILES string of the molecule is NCC1CCC(c2cc(F)c(OCc3cc(F)c(F)c(F)c3)c(F)c2)OC1. The third-order valence-corrected chi connectivity index (χ3v) is 4.52. The monoisotopic (exact) mass is 387 g/mol. The lowest BCUT2D eigenvalue weighted by Gasteiger charge is -2.28. The highest BCUT2D eigenvalue weighted by Crippen LogP contribution is 2.34. The first kappa shape index (κ1) is 19.6. The molecule has 2 aromatic carbocycles. The van der Waals surface area contributed by atoms with E-state index in [4.69, 9.17) is 15.2 Å². The van der Waals surface area contributed by atoms with Crippen LogP contribution in [0.4, 0.5) is 22.0 Å². The molecular formula is C19H18F5NO2. The van der Waals surface area contributed by atoms with E-state index in [1.165, 1.54) is 0 Å². The molecule has 3 rings (SSSR count). The van der Waals surface area contributed by atoms with E-state index in [1.54, 1.807) is 0 Å². The first-order valence-corrected chi connectivity index (χ1v) is 8.45. The van der Waals surface area contributed by atoms with E-state index in [2.05, 4.69) is 0 Å². The van der Waals surface area contributed by atoms with Gasteiger partial charge in [0.25, 0.3) is 0 Å². The van der Waals surface area contributed by atoms with Crippen LogP contribution in [0.5, 0.6) is 5.75 Å². The first-order valence-electron chi connectivity index (χ1n) is 8.45. The Morgan fingerprint density at radius 2 is 1.56 bits per heavy atom. The quantitative estimate of drug-likeness (QED) is 0.612. The van der Waals surface area contributed by atoms with Crippen molar-refractivity contribution in [1.29, 1.82) is 0 Å². The third-order valence-electron chi connectivity index (χ3n) is 4.52. The maximum atomic E-state index is 14.3. The summed E-state index contributed by atoms with van der Waals surface area (Å²) >= 11 is 0. The van der Waals surface area contributed by atoms with Gasteiger partial charge in [-0.15, -0.1) is 0 Å². The van der Waals surface area contributed by atoms with Crippen LogP contribution in [0.25, 0.3) is 0 Å². The van der Waals surface area contributed by atoms with Gasteiger partial charge in [0, 0.05) is 0 Å². The van der Waals surface area contributed by atoms with Crippen LogP contribution in [0.2, 0.25) is 0 Å². The summed E-state index contributed by atoms with van der Waals surface area (Å²) in [6.45, 7) is 0.385. The van der Waals surface area contributed by atoms with Gasteiger partial charge in [-0.2, -0.15) is 0 Å². The average molecular weight is 387 g/mol. The largest absolute Gasteiger partial charge is 0.483 e. The second-order valence-electron chi connectivity index (χ2n) is 6.48. The zero-order valence-corrected chi connectivity index (χ0v) is 14.3. The molecule has 1 heterocycles. The minimum Gasteiger partial charge on any atom is -0.483 e. The molecule has 2 atom stereocenters. The van der Waals surface area contributed by atoms with E-state index < -0.39 is 47.5 Å². The van der Waals surface area contributed by atoms with Gasteiger partial charge in [0.2, 0.25) is 0 Å². The van der Waals surface area contributed by atoms with Gasteiger partial charge >= 0.3 is 0 Å². The van der Waals surface area contributed by atoms with Crippen LogP contribution in [0, 0.1) is 35.0 Å². The molecule has 0 radical (unpaired) electrons. The van der Waals surface area contributed by atoms with Crippen molar-refractivity contribution in [2.75, 3.05) is 13.2 Å². The fourth-order valence-corrected chi connectivity index (χ4v) is 3.00. The van der Waals surface area contributed by atoms with Crippen molar-refractivity contribution in [3.8, 4) is 5.75 Å². The number of benzene rings is 2. The number of halogens is 5. The van der Waals surface area contributed by atoms with E-state index in [0.29, 0.717) is 37.3 Å². The molecule has 2 aromatic rings. The van der Waals surface area contributed by atoms with E-state index in [1.807, 2.05) is 0 Å². The molecular weight excluding hydrogens is 369 g/mol. The van der Waals surface area contributed by atoms with Crippen LogP contribution in [0.15, 0.2) is 24.3 Å². The van der Waals surface area contributed by atoms with Gasteiger partial charge in [-0.25, -0.2) is 22.0 Å². The van der Waals surface area contributed by atoms with Crippen molar-refractivity contribution in [2.24, 2.45) is 11.7 Å². The Balaban J connectivity index is 1.72. The second kappa shape index (κ2) is 8.22. The van der Waals surface area contributed by atoms with Crippen molar-refractivity contribution < 1.29 is 31.4 Å². The highest BCUT2D eigenvalue weighted by Gasteiger charge is 2.24. The molecule has 0 bridgehead atoms. The van der Waals surface area contributed by atoms with Gasteiger partial charge in [0.05, 0.1) is 12.7 Å². The van der Waals surface area contributed by atoms with Crippen LogP contribution in [-0.2, 0) is 11.3 Å². The van der Waals surface area contributed by atoms with Crippen molar-refractivity contribution in [3.05, 3.63) is 64.5 Å². The van der Waals surface area contributed by atoms with Gasteiger partial charge in [0.1, 0.15) is 6.61 Å². The molecule has 2 N–H and O–H groups in total. The summed E-state index contributed by atoms with van der Waals surface area (Å²) in [7, 11) is 0. The first-order chi connectivity index (χ1) is 12.9. The zero-order valence-electron chi connectivity index (χ0n) is 14.3. The molecule has 3 nitrogen and oxygen atoms in total. The molecule has 1 fully saturated rings. The lowest BCUT2D eigenvalue weighted by atomic mass is 9.94. The number of rotatable bonds is 5. The molecule has 1 saturated heterocycles. The Labute approximate surface area is 152 Å². The predicted octanol–water partition coefficient (Wildman–Crippen LogP) is 4.39. The fourth-order valence-electron chi connectivity index (χ4n) is 3.00. The molecule has 1 aliphatic rings. The average Bonchev–Trinajstić information content (AvgIpc) is 2.65. The molecule has 27 heavy (non-hydrogen) atoms. The Morgan fingerprint density at radius 3 is 2.07 bits per heavy atom. The molecule has 146 valence electrons. The highest BCUT2D eigenvalue weighted by atomic mass is 19.2. The molecule has 0 saturated carbocycles. The summed E-state index contributed by atoms with van der Waals surface area (Å²) < 4.78 is 78.5. The topological polar surface area (TPSA) is 44.5 Å². The molecule has 8 heteroatoms. The van der Waals surface area contributed by atoms with Crippen LogP contribution in [0.3, 0.4) is 0 Å². The number of hydrogen-bond acceptors (Lipinski definition) is 3. The van der Waals surface area contributed by atoms with E-state index in [-0.39, 0.29) is 11.5 Å². The van der Waals surface area contributed by atoms with Crippen LogP contribution in [-0.4, -0.2) is 13.2 Å². The van der Waals surface area contributed by atoms with Crippen LogP contribution >= 0.6 is 0 Å². The van der Waals surface area contributed by atoms with E-state index in [0.717, 1.165) is 18.6 Å². The van der Waals surface area contributed by atoms with Crippen molar-refractivity contribution in [3.63, 3.8) is 0 Å². The standard InChI is InChI=1S/C19H18F5NO2/c20-13-3-11(4-14(21)18(13)24)9-27-19-15(22)5-12(6-16(19)23)17-2-1-10(7-25)8-26-17/h3-6,10,17H,1-2,7-9,25H2. The van der Waals surface area contributed by atoms with E-state index >= 15 is 0 Å². The minimum atomic E-state index is -1.62. The van der Waals surface area contributed by atoms with Gasteiger partial charge in [0.15, 0.2) is 34.8 Å². The Morgan fingerprint density at radius 1 is 0.926 bits per heavy atom. The number of nitrogens with two attached hydrogens (primary N) is 1. The zero-order chi connectivity index (χ0) is 19.6. The Bertz CT molecular complexity index is 776. The second-order valence-corrected chi connectivity index (χ2v) is 6.48. The summed E-state index contributed by atoms with van der Waals surface area (Å²) in [4.78, 5) is 0. The minimum absolute atomic E-state index is 0.0993. The summed E-state index contributed by atoms with van der Waals surface area (Å²) in [6, 6.07) is 3.62. The van der Waals surface area contributed by atoms with Gasteiger partial charge < -0.3 is 15.2 Å². The van der Waals surface area contributed by atoms with Crippen LogP contribution < -0.4 is 10.5 Å². The summed E-state index contributed by atoms with van der Waals surface area (Å²) in [5.41, 5.74) is 5.82. The van der Waals surface area contributed by atoms with Gasteiger partial charge in [-0.05, 0) is 60.7 Å². The summed E-state index contributed by atoms with van der Waals surface area (Å²) in [6.07, 6.45) is 0.950. The molecule has 0 spiro atoms. The summed E-state index contributed by atoms with van der Waals surface area (Å²) in [5, 5.41) is 0. The fraction of sp³-hybridized carbons (Fsp3) is 0.368. The smallest absolute Gasteiger partial charge is 0.194 e. The Kier molecular flexibility index (Phi) is 5.96. The molecule has 1 aliphatic heterocycles. The van der Waals surface area contributed by atoms with Crippen molar-refractivity contribution >= 4 is 0 Å². The molecule has 0 aliphatic carbocycles. The predicted molar refractivity (Wildman–Crippen MR) is 87.5 cm³/mol. The van der Waals surface area contributed by atoms with E-state index in [9.17, 15) is 22.0 Å². The lowest BCUT2D eigenvalue weighted by molar-refractivity contribution is -0.0151. The Hall–Kier alpha value is -2.19. The van der Waals surface area contributed by atoms with Crippen LogP contribution in [0.1, 0.15) is 30.1 Å². The molecule has 0 amide bonds. The summed E-state index contributed by atoms with van der Waals surface area (Å²) in [5.74, 6) is -6.81.